The van der Waals surface area contributed by atoms with Crippen LogP contribution in [0.4, 0.5) is 0 Å². The first-order valence-electron chi connectivity index (χ1n) is 7.35. The van der Waals surface area contributed by atoms with E-state index < -0.39 is 0 Å². The van der Waals surface area contributed by atoms with Crippen molar-refractivity contribution in [2.45, 2.75) is 19.5 Å². The van der Waals surface area contributed by atoms with E-state index >= 15 is 0 Å². The van der Waals surface area contributed by atoms with Crippen molar-refractivity contribution in [3.63, 3.8) is 0 Å². The average Bonchev–Trinajstić information content (AvgIpc) is 2.93. The fraction of sp³-hybridized carbons (Fsp3) is 0.438. The molecule has 3 rings (SSSR count). The summed E-state index contributed by atoms with van der Waals surface area (Å²) in [5.41, 5.74) is 3.61. The lowest BCUT2D eigenvalue weighted by Gasteiger charge is -2.36. The van der Waals surface area contributed by atoms with Gasteiger partial charge in [0, 0.05) is 37.9 Å². The van der Waals surface area contributed by atoms with Crippen LogP contribution in [0.3, 0.4) is 0 Å². The van der Waals surface area contributed by atoms with Crippen molar-refractivity contribution in [2.24, 2.45) is 0 Å². The molecule has 0 radical (unpaired) electrons. The van der Waals surface area contributed by atoms with Crippen LogP contribution in [0.15, 0.2) is 30.6 Å². The minimum Gasteiger partial charge on any atom is -0.497 e. The molecule has 2 heterocycles. The van der Waals surface area contributed by atoms with Gasteiger partial charge in [-0.3, -0.25) is 4.90 Å². The summed E-state index contributed by atoms with van der Waals surface area (Å²) in [6.45, 7) is 5.98. The Morgan fingerprint density at radius 3 is 2.81 bits per heavy atom. The molecular formula is C16H22N4O. The lowest BCUT2D eigenvalue weighted by Crippen LogP contribution is -2.45. The van der Waals surface area contributed by atoms with Crippen molar-refractivity contribution in [1.82, 2.24) is 20.2 Å². The summed E-state index contributed by atoms with van der Waals surface area (Å²) in [6.07, 6.45) is 1.77. The van der Waals surface area contributed by atoms with E-state index in [0.717, 1.165) is 43.3 Å². The number of H-pyrrole nitrogens is 1. The van der Waals surface area contributed by atoms with Crippen LogP contribution in [0.5, 0.6) is 5.75 Å². The molecule has 1 aromatic heterocycles. The van der Waals surface area contributed by atoms with Gasteiger partial charge in [-0.25, -0.2) is 4.98 Å². The van der Waals surface area contributed by atoms with Crippen molar-refractivity contribution < 1.29 is 4.74 Å². The first-order valence-corrected chi connectivity index (χ1v) is 7.35. The van der Waals surface area contributed by atoms with Gasteiger partial charge in [0.25, 0.3) is 0 Å². The van der Waals surface area contributed by atoms with Gasteiger partial charge in [0.05, 0.1) is 19.1 Å². The number of aromatic nitrogens is 2. The van der Waals surface area contributed by atoms with Crippen molar-refractivity contribution in [2.75, 3.05) is 26.7 Å². The number of aromatic amines is 1. The Bertz CT molecular complexity index is 578. The van der Waals surface area contributed by atoms with E-state index in [1.165, 1.54) is 5.56 Å². The zero-order valence-corrected chi connectivity index (χ0v) is 12.6. The third-order valence-corrected chi connectivity index (χ3v) is 4.14. The molecule has 0 amide bonds. The largest absolute Gasteiger partial charge is 0.497 e. The average molecular weight is 286 g/mol. The van der Waals surface area contributed by atoms with E-state index in [0.29, 0.717) is 6.04 Å². The highest BCUT2D eigenvalue weighted by Crippen LogP contribution is 2.25. The predicted molar refractivity (Wildman–Crippen MR) is 82.3 cm³/mol. The van der Waals surface area contributed by atoms with Crippen LogP contribution in [0.25, 0.3) is 0 Å². The number of benzene rings is 1. The van der Waals surface area contributed by atoms with Gasteiger partial charge in [0.1, 0.15) is 5.75 Å². The summed E-state index contributed by atoms with van der Waals surface area (Å²) >= 11 is 0. The molecular weight excluding hydrogens is 264 g/mol. The molecule has 112 valence electrons. The van der Waals surface area contributed by atoms with Crippen molar-refractivity contribution >= 4 is 0 Å². The topological polar surface area (TPSA) is 53.2 Å². The van der Waals surface area contributed by atoms with Gasteiger partial charge in [-0.2, -0.15) is 0 Å². The zero-order chi connectivity index (χ0) is 14.7. The number of methoxy groups -OCH3 is 1. The Hall–Kier alpha value is -1.85. The second-order valence-corrected chi connectivity index (χ2v) is 5.44. The molecule has 0 bridgehead atoms. The molecule has 5 heteroatoms. The zero-order valence-electron chi connectivity index (χ0n) is 12.6. The number of rotatable bonds is 4. The third kappa shape index (κ3) is 3.09. The monoisotopic (exact) mass is 286 g/mol. The number of hydrogen-bond donors (Lipinski definition) is 2. The molecule has 2 aromatic rings. The normalized spacial score (nSPS) is 19.6. The summed E-state index contributed by atoms with van der Waals surface area (Å²) in [4.78, 5) is 10.1. The summed E-state index contributed by atoms with van der Waals surface area (Å²) in [7, 11) is 1.70. The lowest BCUT2D eigenvalue weighted by molar-refractivity contribution is 0.152. The molecule has 1 unspecified atom stereocenters. The summed E-state index contributed by atoms with van der Waals surface area (Å²) in [6, 6.07) is 8.74. The second-order valence-electron chi connectivity index (χ2n) is 5.44. The van der Waals surface area contributed by atoms with Gasteiger partial charge >= 0.3 is 0 Å². The molecule has 1 aliphatic rings. The third-order valence-electron chi connectivity index (χ3n) is 4.14. The maximum atomic E-state index is 5.24. The number of aryl methyl sites for hydroxylation is 1. The Balaban J connectivity index is 1.78. The van der Waals surface area contributed by atoms with Gasteiger partial charge in [-0.15, -0.1) is 0 Å². The standard InChI is InChI=1S/C16H22N4O/c1-12-15(19-11-18-12)10-20-8-7-17-9-16(20)13-3-5-14(21-2)6-4-13/h3-6,11,16-17H,7-10H2,1-2H3,(H,18,19). The fourth-order valence-corrected chi connectivity index (χ4v) is 2.83. The minimum atomic E-state index is 0.376. The second kappa shape index (κ2) is 6.28. The Morgan fingerprint density at radius 1 is 1.33 bits per heavy atom. The molecule has 1 saturated heterocycles. The van der Waals surface area contributed by atoms with Crippen molar-refractivity contribution in [1.29, 1.82) is 0 Å². The first kappa shape index (κ1) is 14.1. The molecule has 2 N–H and O–H groups in total. The van der Waals surface area contributed by atoms with E-state index in [-0.39, 0.29) is 0 Å². The summed E-state index contributed by atoms with van der Waals surface area (Å²) < 4.78 is 5.24. The highest BCUT2D eigenvalue weighted by molar-refractivity contribution is 5.29. The first-order chi connectivity index (χ1) is 10.3. The number of hydrogen-bond acceptors (Lipinski definition) is 4. The van der Waals surface area contributed by atoms with Gasteiger partial charge in [-0.1, -0.05) is 12.1 Å². The van der Waals surface area contributed by atoms with Crippen LogP contribution in [-0.4, -0.2) is 41.6 Å². The van der Waals surface area contributed by atoms with Crippen LogP contribution in [0, 0.1) is 6.92 Å². The molecule has 0 aliphatic carbocycles. The minimum absolute atomic E-state index is 0.376. The molecule has 0 saturated carbocycles. The Labute approximate surface area is 125 Å². The van der Waals surface area contributed by atoms with Crippen molar-refractivity contribution in [3.05, 3.63) is 47.5 Å². The van der Waals surface area contributed by atoms with Crippen molar-refractivity contribution in [3.8, 4) is 5.75 Å². The molecule has 1 fully saturated rings. The predicted octanol–water partition coefficient (Wildman–Crippen LogP) is 1.87. The van der Waals surface area contributed by atoms with Gasteiger partial charge in [-0.05, 0) is 24.6 Å². The maximum Gasteiger partial charge on any atom is 0.118 e. The maximum absolute atomic E-state index is 5.24. The van der Waals surface area contributed by atoms with E-state index in [1.807, 2.05) is 12.1 Å². The Kier molecular flexibility index (Phi) is 4.22. The number of piperazine rings is 1. The van der Waals surface area contributed by atoms with Crippen LogP contribution in [0.2, 0.25) is 0 Å². The highest BCUT2D eigenvalue weighted by atomic mass is 16.5. The lowest BCUT2D eigenvalue weighted by atomic mass is 10.0. The quantitative estimate of drug-likeness (QED) is 0.901. The van der Waals surface area contributed by atoms with Crippen LogP contribution in [0.1, 0.15) is 23.0 Å². The Morgan fingerprint density at radius 2 is 2.14 bits per heavy atom. The number of ether oxygens (including phenoxy) is 1. The SMILES string of the molecule is COc1ccc(C2CNCCN2Cc2nc[nH]c2C)cc1. The van der Waals surface area contributed by atoms with E-state index in [4.69, 9.17) is 4.74 Å². The molecule has 21 heavy (non-hydrogen) atoms. The van der Waals surface area contributed by atoms with Crippen LogP contribution < -0.4 is 10.1 Å². The molecule has 1 aliphatic heterocycles. The fourth-order valence-electron chi connectivity index (χ4n) is 2.83. The van der Waals surface area contributed by atoms with Crippen LogP contribution >= 0.6 is 0 Å². The number of nitrogens with one attached hydrogen (secondary N) is 2. The summed E-state index contributed by atoms with van der Waals surface area (Å²) in [5.74, 6) is 0.900. The molecule has 1 aromatic carbocycles. The van der Waals surface area contributed by atoms with E-state index in [9.17, 15) is 0 Å². The van der Waals surface area contributed by atoms with Gasteiger partial charge in [0.15, 0.2) is 0 Å². The number of imidazole rings is 1. The van der Waals surface area contributed by atoms with Gasteiger partial charge < -0.3 is 15.0 Å². The highest BCUT2D eigenvalue weighted by Gasteiger charge is 2.24. The summed E-state index contributed by atoms with van der Waals surface area (Å²) in [5, 5.41) is 3.48. The smallest absolute Gasteiger partial charge is 0.118 e. The van der Waals surface area contributed by atoms with Gasteiger partial charge in [0.2, 0.25) is 0 Å². The molecule has 0 spiro atoms. The van der Waals surface area contributed by atoms with Crippen LogP contribution in [-0.2, 0) is 6.54 Å². The van der Waals surface area contributed by atoms with E-state index in [1.54, 1.807) is 13.4 Å². The van der Waals surface area contributed by atoms with E-state index in [2.05, 4.69) is 39.2 Å². The number of nitrogens with zero attached hydrogens (tertiary/aromatic N) is 2. The molecule has 1 atom stereocenters. The molecule has 5 nitrogen and oxygen atoms in total.